The van der Waals surface area contributed by atoms with Gasteiger partial charge in [0, 0.05) is 11.8 Å². The van der Waals surface area contributed by atoms with Crippen molar-refractivity contribution in [3.63, 3.8) is 0 Å². The molecule has 1 aromatic carbocycles. The number of nitriles is 1. The summed E-state index contributed by atoms with van der Waals surface area (Å²) in [5.41, 5.74) is 5.20. The second kappa shape index (κ2) is 4.94. The Hall–Kier alpha value is -2.62. The van der Waals surface area contributed by atoms with Crippen LogP contribution in [0.1, 0.15) is 11.1 Å². The fourth-order valence-electron chi connectivity index (χ4n) is 1.35. The zero-order valence-electron chi connectivity index (χ0n) is 8.97. The number of nitrogens with zero attached hydrogens (tertiary/aromatic N) is 2. The molecule has 0 radical (unpaired) electrons. The standard InChI is InChI=1S/C10H9N3O4/c1-17-10(14)3-6-2-7(12)4-9(13(15)16)8(6)5-11/h2,4H,3,12H2,1H3. The van der Waals surface area contributed by atoms with Crippen molar-refractivity contribution in [2.75, 3.05) is 12.8 Å². The van der Waals surface area contributed by atoms with E-state index in [1.807, 2.05) is 0 Å². The second-order valence-corrected chi connectivity index (χ2v) is 3.20. The van der Waals surface area contributed by atoms with Crippen molar-refractivity contribution < 1.29 is 14.5 Å². The number of benzene rings is 1. The van der Waals surface area contributed by atoms with Crippen LogP contribution in [0.3, 0.4) is 0 Å². The van der Waals surface area contributed by atoms with Crippen LogP contribution in [0.5, 0.6) is 0 Å². The zero-order valence-corrected chi connectivity index (χ0v) is 8.97. The molecule has 0 aliphatic heterocycles. The van der Waals surface area contributed by atoms with Crippen LogP contribution in [0.2, 0.25) is 0 Å². The smallest absolute Gasteiger partial charge is 0.310 e. The highest BCUT2D eigenvalue weighted by atomic mass is 16.6. The Labute approximate surface area is 96.6 Å². The number of methoxy groups -OCH3 is 1. The van der Waals surface area contributed by atoms with Gasteiger partial charge in [0.2, 0.25) is 0 Å². The van der Waals surface area contributed by atoms with E-state index in [4.69, 9.17) is 11.0 Å². The molecule has 0 spiro atoms. The summed E-state index contributed by atoms with van der Waals surface area (Å²) < 4.78 is 4.43. The number of nitro benzene ring substituents is 1. The third-order valence-electron chi connectivity index (χ3n) is 2.09. The summed E-state index contributed by atoms with van der Waals surface area (Å²) in [5.74, 6) is -0.596. The van der Waals surface area contributed by atoms with Crippen LogP contribution in [0, 0.1) is 21.4 Å². The summed E-state index contributed by atoms with van der Waals surface area (Å²) in [6, 6.07) is 4.13. The van der Waals surface area contributed by atoms with Gasteiger partial charge in [-0.2, -0.15) is 5.26 Å². The summed E-state index contributed by atoms with van der Waals surface area (Å²) in [4.78, 5) is 21.1. The Morgan fingerprint density at radius 2 is 2.29 bits per heavy atom. The van der Waals surface area contributed by atoms with Crippen molar-refractivity contribution in [1.29, 1.82) is 5.26 Å². The van der Waals surface area contributed by atoms with Crippen molar-refractivity contribution >= 4 is 17.3 Å². The number of esters is 1. The van der Waals surface area contributed by atoms with Crippen LogP contribution in [0.4, 0.5) is 11.4 Å². The monoisotopic (exact) mass is 235 g/mol. The third-order valence-corrected chi connectivity index (χ3v) is 2.09. The van der Waals surface area contributed by atoms with E-state index < -0.39 is 16.6 Å². The lowest BCUT2D eigenvalue weighted by molar-refractivity contribution is -0.385. The molecule has 0 heterocycles. The lowest BCUT2D eigenvalue weighted by atomic mass is 10.0. The van der Waals surface area contributed by atoms with Crippen molar-refractivity contribution in [2.45, 2.75) is 6.42 Å². The maximum atomic E-state index is 11.1. The van der Waals surface area contributed by atoms with Gasteiger partial charge in [-0.1, -0.05) is 0 Å². The molecule has 2 N–H and O–H groups in total. The normalized spacial score (nSPS) is 9.41. The van der Waals surface area contributed by atoms with E-state index in [9.17, 15) is 14.9 Å². The van der Waals surface area contributed by atoms with E-state index in [0.29, 0.717) is 0 Å². The van der Waals surface area contributed by atoms with Crippen LogP contribution < -0.4 is 5.73 Å². The SMILES string of the molecule is COC(=O)Cc1cc(N)cc([N+](=O)[O-])c1C#N. The van der Waals surface area contributed by atoms with E-state index >= 15 is 0 Å². The number of nitro groups is 1. The highest BCUT2D eigenvalue weighted by Crippen LogP contribution is 2.25. The van der Waals surface area contributed by atoms with Crippen LogP contribution in [-0.4, -0.2) is 18.0 Å². The molecule has 0 bridgehead atoms. The first-order chi connectivity index (χ1) is 7.99. The van der Waals surface area contributed by atoms with Gasteiger partial charge in [0.1, 0.15) is 11.6 Å². The first kappa shape index (κ1) is 12.4. The molecule has 0 unspecified atom stereocenters. The van der Waals surface area contributed by atoms with Gasteiger partial charge in [0.15, 0.2) is 0 Å². The highest BCUT2D eigenvalue weighted by Gasteiger charge is 2.20. The summed E-state index contributed by atoms with van der Waals surface area (Å²) in [5, 5.41) is 19.6. The van der Waals surface area contributed by atoms with Gasteiger partial charge in [0.05, 0.1) is 18.5 Å². The second-order valence-electron chi connectivity index (χ2n) is 3.20. The number of carbonyl (C=O) groups excluding carboxylic acids is 1. The van der Waals surface area contributed by atoms with E-state index in [2.05, 4.69) is 4.74 Å². The van der Waals surface area contributed by atoms with Gasteiger partial charge in [0.25, 0.3) is 5.69 Å². The minimum absolute atomic E-state index is 0.120. The minimum atomic E-state index is -0.713. The number of hydrogen-bond acceptors (Lipinski definition) is 6. The van der Waals surface area contributed by atoms with Crippen LogP contribution in [0.25, 0.3) is 0 Å². The molecule has 7 nitrogen and oxygen atoms in total. The molecule has 0 saturated heterocycles. The summed E-state index contributed by atoms with van der Waals surface area (Å²) >= 11 is 0. The molecule has 0 atom stereocenters. The zero-order chi connectivity index (χ0) is 13.0. The molecular formula is C10H9N3O4. The molecule has 88 valence electrons. The molecule has 0 aromatic heterocycles. The predicted molar refractivity (Wildman–Crippen MR) is 57.9 cm³/mol. The Balaban J connectivity index is 3.34. The Bertz CT molecular complexity index is 519. The van der Waals surface area contributed by atoms with Crippen LogP contribution in [0.15, 0.2) is 12.1 Å². The van der Waals surface area contributed by atoms with Crippen molar-refractivity contribution in [3.05, 3.63) is 33.4 Å². The minimum Gasteiger partial charge on any atom is -0.469 e. The largest absolute Gasteiger partial charge is 0.469 e. The number of carbonyl (C=O) groups is 1. The molecule has 1 rings (SSSR count). The lowest BCUT2D eigenvalue weighted by Gasteiger charge is -2.05. The van der Waals surface area contributed by atoms with Crippen molar-refractivity contribution in [3.8, 4) is 6.07 Å². The van der Waals surface area contributed by atoms with E-state index in [1.165, 1.54) is 13.2 Å². The average molecular weight is 235 g/mol. The summed E-state index contributed by atoms with van der Waals surface area (Å²) in [6.07, 6.45) is -0.231. The lowest BCUT2D eigenvalue weighted by Crippen LogP contribution is -2.08. The number of nitrogens with two attached hydrogens (primary N) is 1. The number of nitrogen functional groups attached to an aromatic ring is 1. The quantitative estimate of drug-likeness (QED) is 0.357. The maximum absolute atomic E-state index is 11.1. The molecule has 17 heavy (non-hydrogen) atoms. The first-order valence-electron chi connectivity index (χ1n) is 4.53. The number of anilines is 1. The summed E-state index contributed by atoms with van der Waals surface area (Å²) in [6.45, 7) is 0. The Kier molecular flexibility index (Phi) is 3.62. The third kappa shape index (κ3) is 2.69. The van der Waals surface area contributed by atoms with Crippen LogP contribution in [-0.2, 0) is 16.0 Å². The van der Waals surface area contributed by atoms with Gasteiger partial charge in [-0.3, -0.25) is 14.9 Å². The molecule has 0 amide bonds. The van der Waals surface area contributed by atoms with Crippen LogP contribution >= 0.6 is 0 Å². The molecule has 0 aliphatic rings. The van der Waals surface area contributed by atoms with Gasteiger partial charge in [-0.15, -0.1) is 0 Å². The van der Waals surface area contributed by atoms with Gasteiger partial charge < -0.3 is 10.5 Å². The van der Waals surface area contributed by atoms with E-state index in [-0.39, 0.29) is 23.2 Å². The number of rotatable bonds is 3. The summed E-state index contributed by atoms with van der Waals surface area (Å²) in [7, 11) is 1.19. The van der Waals surface area contributed by atoms with E-state index in [1.54, 1.807) is 6.07 Å². The van der Waals surface area contributed by atoms with Gasteiger partial charge >= 0.3 is 5.97 Å². The molecule has 0 aliphatic carbocycles. The Morgan fingerprint density at radius 3 is 2.76 bits per heavy atom. The molecular weight excluding hydrogens is 226 g/mol. The fraction of sp³-hybridized carbons (Fsp3) is 0.200. The fourth-order valence-corrected chi connectivity index (χ4v) is 1.35. The van der Waals surface area contributed by atoms with Gasteiger partial charge in [-0.25, -0.2) is 0 Å². The van der Waals surface area contributed by atoms with Crippen molar-refractivity contribution in [2.24, 2.45) is 0 Å². The highest BCUT2D eigenvalue weighted by molar-refractivity contribution is 5.75. The maximum Gasteiger partial charge on any atom is 0.310 e. The van der Waals surface area contributed by atoms with Gasteiger partial charge in [-0.05, 0) is 11.6 Å². The molecule has 7 heteroatoms. The first-order valence-corrected chi connectivity index (χ1v) is 4.53. The predicted octanol–water partition coefficient (Wildman–Crippen LogP) is 0.764. The van der Waals surface area contributed by atoms with E-state index in [0.717, 1.165) is 6.07 Å². The van der Waals surface area contributed by atoms with Crippen molar-refractivity contribution in [1.82, 2.24) is 0 Å². The number of hydrogen-bond donors (Lipinski definition) is 1. The molecule has 0 saturated carbocycles. The topological polar surface area (TPSA) is 119 Å². The average Bonchev–Trinajstić information content (AvgIpc) is 2.28. The molecule has 0 fully saturated rings. The molecule has 1 aromatic rings. The Morgan fingerprint density at radius 1 is 1.65 bits per heavy atom. The number of ether oxygens (including phenoxy) is 1.